The quantitative estimate of drug-likeness (QED) is 0.795. The molecule has 17 heavy (non-hydrogen) atoms. The van der Waals surface area contributed by atoms with E-state index in [1.807, 2.05) is 0 Å². The Balaban J connectivity index is 2.31. The number of nitrogens with one attached hydrogen (secondary N) is 1. The summed E-state index contributed by atoms with van der Waals surface area (Å²) in [6.45, 7) is 0. The van der Waals surface area contributed by atoms with E-state index < -0.39 is 12.2 Å². The van der Waals surface area contributed by atoms with Gasteiger partial charge < -0.3 is 11.1 Å². The van der Waals surface area contributed by atoms with Gasteiger partial charge in [-0.3, -0.25) is 4.79 Å². The lowest BCUT2D eigenvalue weighted by Gasteiger charge is -2.21. The molecule has 0 spiro atoms. The van der Waals surface area contributed by atoms with Crippen molar-refractivity contribution in [1.29, 1.82) is 0 Å². The standard InChI is InChI=1S/C11H11F3N2O/c12-11(13,14)10(15)7-1-3-8-6(5-7)2-4-9(17)16-8/h1,3,5,10H,2,4,15H2,(H,16,17). The highest BCUT2D eigenvalue weighted by molar-refractivity contribution is 5.93. The van der Waals surface area contributed by atoms with E-state index in [1.165, 1.54) is 18.2 Å². The van der Waals surface area contributed by atoms with Crippen molar-refractivity contribution in [2.45, 2.75) is 25.1 Å². The SMILES string of the molecule is NC(c1ccc2c(c1)CCC(=O)N2)C(F)(F)F. The topological polar surface area (TPSA) is 55.1 Å². The first-order valence-corrected chi connectivity index (χ1v) is 5.13. The molecule has 0 bridgehead atoms. The predicted molar refractivity (Wildman–Crippen MR) is 56.4 cm³/mol. The number of hydrogen-bond acceptors (Lipinski definition) is 2. The van der Waals surface area contributed by atoms with Crippen molar-refractivity contribution in [3.05, 3.63) is 29.3 Å². The smallest absolute Gasteiger partial charge is 0.326 e. The third kappa shape index (κ3) is 2.41. The fraction of sp³-hybridized carbons (Fsp3) is 0.364. The number of halogens is 3. The summed E-state index contributed by atoms with van der Waals surface area (Å²) in [6, 6.07) is 2.19. The third-order valence-electron chi connectivity index (χ3n) is 2.74. The number of rotatable bonds is 1. The Morgan fingerprint density at radius 1 is 1.29 bits per heavy atom. The maximum atomic E-state index is 12.4. The maximum absolute atomic E-state index is 12.4. The monoisotopic (exact) mass is 244 g/mol. The predicted octanol–water partition coefficient (Wildman–Crippen LogP) is 2.13. The Hall–Kier alpha value is -1.56. The zero-order valence-corrected chi connectivity index (χ0v) is 8.84. The minimum Gasteiger partial charge on any atom is -0.326 e. The van der Waals surface area contributed by atoms with Crippen molar-refractivity contribution >= 4 is 11.6 Å². The summed E-state index contributed by atoms with van der Waals surface area (Å²) >= 11 is 0. The molecule has 0 aliphatic carbocycles. The summed E-state index contributed by atoms with van der Waals surface area (Å²) in [4.78, 5) is 11.1. The van der Waals surface area contributed by atoms with Gasteiger partial charge in [-0.25, -0.2) is 0 Å². The second-order valence-corrected chi connectivity index (χ2v) is 3.98. The maximum Gasteiger partial charge on any atom is 0.407 e. The molecule has 3 N–H and O–H groups in total. The molecular formula is C11H11F3N2O. The Morgan fingerprint density at radius 2 is 2.00 bits per heavy atom. The van der Waals surface area contributed by atoms with E-state index in [0.717, 1.165) is 0 Å². The number of nitrogens with two attached hydrogens (primary N) is 1. The van der Waals surface area contributed by atoms with E-state index in [-0.39, 0.29) is 17.9 Å². The second-order valence-electron chi connectivity index (χ2n) is 3.98. The van der Waals surface area contributed by atoms with Crippen LogP contribution < -0.4 is 11.1 Å². The molecule has 1 atom stereocenters. The first-order valence-electron chi connectivity index (χ1n) is 5.13. The van der Waals surface area contributed by atoms with Gasteiger partial charge in [0.2, 0.25) is 5.91 Å². The number of hydrogen-bond donors (Lipinski definition) is 2. The van der Waals surface area contributed by atoms with E-state index in [4.69, 9.17) is 5.73 Å². The van der Waals surface area contributed by atoms with Crippen molar-refractivity contribution < 1.29 is 18.0 Å². The molecule has 1 aliphatic rings. The summed E-state index contributed by atoms with van der Waals surface area (Å²) in [5.41, 5.74) is 6.41. The molecule has 1 heterocycles. The Labute approximate surface area is 95.8 Å². The molecular weight excluding hydrogens is 233 g/mol. The van der Waals surface area contributed by atoms with Crippen LogP contribution in [-0.4, -0.2) is 12.1 Å². The van der Waals surface area contributed by atoms with E-state index in [1.54, 1.807) is 0 Å². The summed E-state index contributed by atoms with van der Waals surface area (Å²) in [7, 11) is 0. The number of carbonyl (C=O) groups excluding carboxylic acids is 1. The molecule has 3 nitrogen and oxygen atoms in total. The van der Waals surface area contributed by atoms with Crippen LogP contribution in [-0.2, 0) is 11.2 Å². The summed E-state index contributed by atoms with van der Waals surface area (Å²) in [5, 5.41) is 2.60. The number of anilines is 1. The van der Waals surface area contributed by atoms with Gasteiger partial charge in [-0.05, 0) is 23.6 Å². The highest BCUT2D eigenvalue weighted by Crippen LogP contribution is 2.33. The van der Waals surface area contributed by atoms with Crippen LogP contribution in [0.5, 0.6) is 0 Å². The summed E-state index contributed by atoms with van der Waals surface area (Å²) < 4.78 is 37.3. The average molecular weight is 244 g/mol. The molecule has 0 saturated heterocycles. The van der Waals surface area contributed by atoms with Crippen LogP contribution in [0, 0.1) is 0 Å². The van der Waals surface area contributed by atoms with Gasteiger partial charge in [0.25, 0.3) is 0 Å². The largest absolute Gasteiger partial charge is 0.407 e. The Bertz CT molecular complexity index is 457. The first kappa shape index (κ1) is 11.9. The molecule has 0 saturated carbocycles. The van der Waals surface area contributed by atoms with Crippen LogP contribution in [0.1, 0.15) is 23.6 Å². The summed E-state index contributed by atoms with van der Waals surface area (Å²) in [5.74, 6) is -0.120. The molecule has 0 aromatic heterocycles. The molecule has 1 amide bonds. The van der Waals surface area contributed by atoms with Crippen LogP contribution in [0.3, 0.4) is 0 Å². The third-order valence-corrected chi connectivity index (χ3v) is 2.74. The van der Waals surface area contributed by atoms with Gasteiger partial charge in [-0.2, -0.15) is 13.2 Å². The fourth-order valence-corrected chi connectivity index (χ4v) is 1.79. The van der Waals surface area contributed by atoms with Crippen LogP contribution in [0.15, 0.2) is 18.2 Å². The van der Waals surface area contributed by atoms with E-state index in [0.29, 0.717) is 17.7 Å². The number of carbonyl (C=O) groups is 1. The van der Waals surface area contributed by atoms with E-state index >= 15 is 0 Å². The molecule has 2 rings (SSSR count). The van der Waals surface area contributed by atoms with Crippen LogP contribution in [0.25, 0.3) is 0 Å². The van der Waals surface area contributed by atoms with Crippen LogP contribution >= 0.6 is 0 Å². The van der Waals surface area contributed by atoms with Gasteiger partial charge in [0.15, 0.2) is 0 Å². The minimum absolute atomic E-state index is 0.0207. The molecule has 6 heteroatoms. The highest BCUT2D eigenvalue weighted by Gasteiger charge is 2.38. The zero-order valence-electron chi connectivity index (χ0n) is 8.84. The number of amides is 1. The van der Waals surface area contributed by atoms with Gasteiger partial charge >= 0.3 is 6.18 Å². The van der Waals surface area contributed by atoms with Gasteiger partial charge in [0.05, 0.1) is 0 Å². The van der Waals surface area contributed by atoms with Crippen molar-refractivity contribution in [1.82, 2.24) is 0 Å². The zero-order chi connectivity index (χ0) is 12.6. The molecule has 0 radical (unpaired) electrons. The van der Waals surface area contributed by atoms with Crippen molar-refractivity contribution in [2.75, 3.05) is 5.32 Å². The molecule has 1 unspecified atom stereocenters. The molecule has 0 fully saturated rings. The van der Waals surface area contributed by atoms with Gasteiger partial charge in [-0.1, -0.05) is 12.1 Å². The van der Waals surface area contributed by atoms with E-state index in [2.05, 4.69) is 5.32 Å². The number of fused-ring (bicyclic) bond motifs is 1. The van der Waals surface area contributed by atoms with Crippen molar-refractivity contribution in [3.8, 4) is 0 Å². The highest BCUT2D eigenvalue weighted by atomic mass is 19.4. The van der Waals surface area contributed by atoms with Gasteiger partial charge in [-0.15, -0.1) is 0 Å². The lowest BCUT2D eigenvalue weighted by Crippen LogP contribution is -2.29. The van der Waals surface area contributed by atoms with E-state index in [9.17, 15) is 18.0 Å². The lowest BCUT2D eigenvalue weighted by atomic mass is 9.97. The second kappa shape index (κ2) is 4.03. The van der Waals surface area contributed by atoms with Gasteiger partial charge in [0.1, 0.15) is 6.04 Å². The molecule has 1 aromatic carbocycles. The molecule has 1 aliphatic heterocycles. The first-order chi connectivity index (χ1) is 7.88. The number of alkyl halides is 3. The van der Waals surface area contributed by atoms with Crippen LogP contribution in [0.2, 0.25) is 0 Å². The minimum atomic E-state index is -4.45. The summed E-state index contributed by atoms with van der Waals surface area (Å²) in [6.07, 6.45) is -3.72. The van der Waals surface area contributed by atoms with Crippen molar-refractivity contribution in [3.63, 3.8) is 0 Å². The number of aryl methyl sites for hydroxylation is 1. The fourth-order valence-electron chi connectivity index (χ4n) is 1.79. The Morgan fingerprint density at radius 3 is 2.65 bits per heavy atom. The Kier molecular flexibility index (Phi) is 2.82. The molecule has 1 aromatic rings. The number of benzene rings is 1. The normalized spacial score (nSPS) is 17.3. The average Bonchev–Trinajstić information content (AvgIpc) is 2.26. The lowest BCUT2D eigenvalue weighted by molar-refractivity contribution is -0.149. The van der Waals surface area contributed by atoms with Crippen molar-refractivity contribution in [2.24, 2.45) is 5.73 Å². The van der Waals surface area contributed by atoms with Crippen LogP contribution in [0.4, 0.5) is 18.9 Å². The molecule has 92 valence electrons. The van der Waals surface area contributed by atoms with Gasteiger partial charge in [0, 0.05) is 12.1 Å².